The molecule has 2 amide bonds. The second kappa shape index (κ2) is 8.88. The largest absolute Gasteiger partial charge is 0.385 e. The summed E-state index contributed by atoms with van der Waals surface area (Å²) < 4.78 is 17.8. The normalized spacial score (nSPS) is 20.9. The molecule has 23 heavy (non-hydrogen) atoms. The van der Waals surface area contributed by atoms with Crippen molar-refractivity contribution in [3.63, 3.8) is 0 Å². The lowest BCUT2D eigenvalue weighted by Gasteiger charge is -2.28. The highest BCUT2D eigenvalue weighted by Crippen LogP contribution is 2.22. The molecule has 5 nitrogen and oxygen atoms in total. The minimum absolute atomic E-state index is 0.150. The maximum Gasteiger partial charge on any atom is 0.243 e. The standard InChI is InChI=1S/C16H21FN2O3S/c1-22-8-2-7-18-15(20)13-10-23-14(16(21)19-13)9-11-3-5-12(17)6-4-11/h3-6,13-14H,2,7-10H2,1H3,(H,18,20)(H,19,21). The average Bonchev–Trinajstić information content (AvgIpc) is 2.55. The number of halogens is 1. The van der Waals surface area contributed by atoms with Gasteiger partial charge in [0, 0.05) is 26.0 Å². The molecule has 7 heteroatoms. The Morgan fingerprint density at radius 2 is 2.17 bits per heavy atom. The molecule has 1 aromatic rings. The molecule has 2 unspecified atom stereocenters. The first kappa shape index (κ1) is 17.7. The van der Waals surface area contributed by atoms with Crippen LogP contribution in [0.15, 0.2) is 24.3 Å². The van der Waals surface area contributed by atoms with Gasteiger partial charge in [-0.05, 0) is 30.5 Å². The van der Waals surface area contributed by atoms with E-state index in [0.29, 0.717) is 25.3 Å². The van der Waals surface area contributed by atoms with Gasteiger partial charge in [-0.25, -0.2) is 4.39 Å². The molecular formula is C16H21FN2O3S. The molecule has 0 spiro atoms. The van der Waals surface area contributed by atoms with Gasteiger partial charge < -0.3 is 15.4 Å². The van der Waals surface area contributed by atoms with Gasteiger partial charge in [-0.15, -0.1) is 11.8 Å². The Kier molecular flexibility index (Phi) is 6.85. The first-order valence-corrected chi connectivity index (χ1v) is 8.58. The second-order valence-corrected chi connectivity index (χ2v) is 6.59. The summed E-state index contributed by atoms with van der Waals surface area (Å²) in [4.78, 5) is 24.1. The molecule has 1 aliphatic rings. The van der Waals surface area contributed by atoms with Crippen molar-refractivity contribution in [2.45, 2.75) is 24.1 Å². The summed E-state index contributed by atoms with van der Waals surface area (Å²) in [6.45, 7) is 1.12. The fourth-order valence-electron chi connectivity index (χ4n) is 2.27. The predicted molar refractivity (Wildman–Crippen MR) is 87.8 cm³/mol. The van der Waals surface area contributed by atoms with Gasteiger partial charge in [-0.1, -0.05) is 12.1 Å². The fourth-order valence-corrected chi connectivity index (χ4v) is 3.46. The van der Waals surface area contributed by atoms with Crippen LogP contribution in [0.4, 0.5) is 4.39 Å². The molecule has 2 atom stereocenters. The maximum absolute atomic E-state index is 12.9. The third-order valence-corrected chi connectivity index (χ3v) is 4.86. The van der Waals surface area contributed by atoms with Crippen molar-refractivity contribution in [3.05, 3.63) is 35.6 Å². The van der Waals surface area contributed by atoms with Gasteiger partial charge in [-0.2, -0.15) is 0 Å². The van der Waals surface area contributed by atoms with Crippen molar-refractivity contribution in [2.75, 3.05) is 26.0 Å². The van der Waals surface area contributed by atoms with Crippen LogP contribution in [-0.4, -0.2) is 49.1 Å². The highest BCUT2D eigenvalue weighted by atomic mass is 32.2. The van der Waals surface area contributed by atoms with Crippen molar-refractivity contribution in [3.8, 4) is 0 Å². The van der Waals surface area contributed by atoms with Crippen LogP contribution in [0.2, 0.25) is 0 Å². The topological polar surface area (TPSA) is 67.4 Å². The highest BCUT2D eigenvalue weighted by Gasteiger charge is 2.32. The summed E-state index contributed by atoms with van der Waals surface area (Å²) >= 11 is 1.46. The number of ether oxygens (including phenoxy) is 1. The number of carbonyl (C=O) groups is 2. The molecule has 1 saturated heterocycles. The van der Waals surface area contributed by atoms with Gasteiger partial charge in [-0.3, -0.25) is 9.59 Å². The molecule has 0 aliphatic carbocycles. The minimum Gasteiger partial charge on any atom is -0.385 e. The number of nitrogens with one attached hydrogen (secondary N) is 2. The van der Waals surface area contributed by atoms with E-state index >= 15 is 0 Å². The Labute approximate surface area is 139 Å². The molecular weight excluding hydrogens is 319 g/mol. The summed E-state index contributed by atoms with van der Waals surface area (Å²) in [5, 5.41) is 5.30. The van der Waals surface area contributed by atoms with Gasteiger partial charge in [0.1, 0.15) is 11.9 Å². The fraction of sp³-hybridized carbons (Fsp3) is 0.500. The molecule has 2 N–H and O–H groups in total. The molecule has 0 saturated carbocycles. The van der Waals surface area contributed by atoms with E-state index in [1.54, 1.807) is 19.2 Å². The molecule has 0 radical (unpaired) electrons. The number of hydrogen-bond acceptors (Lipinski definition) is 4. The SMILES string of the molecule is COCCCNC(=O)C1CSC(Cc2ccc(F)cc2)C(=O)N1. The van der Waals surface area contributed by atoms with E-state index in [9.17, 15) is 14.0 Å². The van der Waals surface area contributed by atoms with Crippen LogP contribution in [0.25, 0.3) is 0 Å². The minimum atomic E-state index is -0.500. The summed E-state index contributed by atoms with van der Waals surface area (Å²) in [7, 11) is 1.61. The number of methoxy groups -OCH3 is 1. The number of hydrogen-bond donors (Lipinski definition) is 2. The molecule has 1 fully saturated rings. The summed E-state index contributed by atoms with van der Waals surface area (Å²) in [5.74, 6) is -0.0715. The molecule has 1 heterocycles. The molecule has 2 rings (SSSR count). The summed E-state index contributed by atoms with van der Waals surface area (Å²) in [6.07, 6.45) is 1.27. The third-order valence-electron chi connectivity index (χ3n) is 3.55. The van der Waals surface area contributed by atoms with E-state index in [0.717, 1.165) is 12.0 Å². The summed E-state index contributed by atoms with van der Waals surface area (Å²) in [6, 6.07) is 5.63. The van der Waals surface area contributed by atoms with E-state index in [2.05, 4.69) is 10.6 Å². The van der Waals surface area contributed by atoms with Crippen molar-refractivity contribution in [1.82, 2.24) is 10.6 Å². The van der Waals surface area contributed by atoms with Crippen LogP contribution >= 0.6 is 11.8 Å². The third kappa shape index (κ3) is 5.51. The van der Waals surface area contributed by atoms with Crippen molar-refractivity contribution >= 4 is 23.6 Å². The van der Waals surface area contributed by atoms with E-state index in [1.807, 2.05) is 0 Å². The molecule has 0 aromatic heterocycles. The first-order valence-electron chi connectivity index (χ1n) is 7.53. The van der Waals surface area contributed by atoms with Gasteiger partial charge in [0.2, 0.25) is 11.8 Å². The zero-order valence-corrected chi connectivity index (χ0v) is 13.8. The van der Waals surface area contributed by atoms with Crippen molar-refractivity contribution in [1.29, 1.82) is 0 Å². The Morgan fingerprint density at radius 1 is 1.43 bits per heavy atom. The zero-order valence-electron chi connectivity index (χ0n) is 13.0. The average molecular weight is 340 g/mol. The van der Waals surface area contributed by atoms with E-state index in [4.69, 9.17) is 4.74 Å². The Bertz CT molecular complexity index is 539. The first-order chi connectivity index (χ1) is 11.1. The van der Waals surface area contributed by atoms with Crippen LogP contribution < -0.4 is 10.6 Å². The predicted octanol–water partition coefficient (Wildman–Crippen LogP) is 1.12. The number of thioether (sulfide) groups is 1. The monoisotopic (exact) mass is 340 g/mol. The number of amides is 2. The Morgan fingerprint density at radius 3 is 2.83 bits per heavy atom. The number of rotatable bonds is 7. The lowest BCUT2D eigenvalue weighted by Crippen LogP contribution is -2.54. The van der Waals surface area contributed by atoms with E-state index in [1.165, 1.54) is 23.9 Å². The van der Waals surface area contributed by atoms with Gasteiger partial charge in [0.15, 0.2) is 0 Å². The van der Waals surface area contributed by atoms with Crippen LogP contribution in [-0.2, 0) is 20.7 Å². The Balaban J connectivity index is 1.79. The van der Waals surface area contributed by atoms with Gasteiger partial charge in [0.25, 0.3) is 0 Å². The second-order valence-electron chi connectivity index (χ2n) is 5.35. The molecule has 1 aromatic carbocycles. The smallest absolute Gasteiger partial charge is 0.243 e. The lowest BCUT2D eigenvalue weighted by molar-refractivity contribution is -0.128. The zero-order chi connectivity index (χ0) is 16.7. The number of carbonyl (C=O) groups excluding carboxylic acids is 2. The highest BCUT2D eigenvalue weighted by molar-refractivity contribution is 8.00. The quantitative estimate of drug-likeness (QED) is 0.730. The van der Waals surface area contributed by atoms with Crippen molar-refractivity contribution in [2.24, 2.45) is 0 Å². The van der Waals surface area contributed by atoms with Crippen LogP contribution in [0, 0.1) is 5.82 Å². The van der Waals surface area contributed by atoms with E-state index in [-0.39, 0.29) is 22.9 Å². The van der Waals surface area contributed by atoms with E-state index < -0.39 is 6.04 Å². The lowest BCUT2D eigenvalue weighted by atomic mass is 10.1. The van der Waals surface area contributed by atoms with Crippen LogP contribution in [0.5, 0.6) is 0 Å². The molecule has 0 bridgehead atoms. The maximum atomic E-state index is 12.9. The Hall–Kier alpha value is -1.60. The van der Waals surface area contributed by atoms with Crippen molar-refractivity contribution < 1.29 is 18.7 Å². The number of benzene rings is 1. The van der Waals surface area contributed by atoms with Gasteiger partial charge >= 0.3 is 0 Å². The van der Waals surface area contributed by atoms with Gasteiger partial charge in [0.05, 0.1) is 5.25 Å². The molecule has 126 valence electrons. The molecule has 1 aliphatic heterocycles. The van der Waals surface area contributed by atoms with Crippen LogP contribution in [0.1, 0.15) is 12.0 Å². The summed E-state index contributed by atoms with van der Waals surface area (Å²) in [5.41, 5.74) is 0.904. The van der Waals surface area contributed by atoms with Crippen LogP contribution in [0.3, 0.4) is 0 Å².